The van der Waals surface area contributed by atoms with Gasteiger partial charge in [0.1, 0.15) is 11.7 Å². The molecular weight excluding hydrogens is 433 g/mol. The summed E-state index contributed by atoms with van der Waals surface area (Å²) < 4.78 is 13.8. The molecule has 0 aromatic heterocycles. The lowest BCUT2D eigenvalue weighted by Crippen LogP contribution is -2.22. The monoisotopic (exact) mass is 459 g/mol. The van der Waals surface area contributed by atoms with Crippen molar-refractivity contribution in [2.45, 2.75) is 18.8 Å². The van der Waals surface area contributed by atoms with E-state index in [1.807, 2.05) is 38.4 Å². The van der Waals surface area contributed by atoms with Crippen LogP contribution in [0, 0.1) is 5.82 Å². The molecule has 6 nitrogen and oxygen atoms in total. The summed E-state index contributed by atoms with van der Waals surface area (Å²) in [5.74, 6) is -2.34. The molecule has 0 bridgehead atoms. The van der Waals surface area contributed by atoms with E-state index in [9.17, 15) is 14.0 Å². The molecule has 1 aliphatic rings. The smallest absolute Gasteiger partial charge is 0.307 e. The van der Waals surface area contributed by atoms with Crippen LogP contribution in [-0.4, -0.2) is 48.2 Å². The average molecular weight is 460 g/mol. The van der Waals surface area contributed by atoms with E-state index in [1.54, 1.807) is 30.3 Å². The lowest BCUT2D eigenvalue weighted by molar-refractivity contribution is -0.136. The quantitative estimate of drug-likeness (QED) is 0.489. The van der Waals surface area contributed by atoms with Gasteiger partial charge in [-0.2, -0.15) is 0 Å². The lowest BCUT2D eigenvalue weighted by atomic mass is 9.90. The van der Waals surface area contributed by atoms with E-state index >= 15 is 0 Å². The number of aliphatic carboxylic acids is 1. The standard InChI is InChI=1S/C27H26FN3O3/c1-31(2)14-13-17-5-10-21(11-6-17)29-26(19-7-3-18(4-8-19)15-24(32)33)25-22-12-9-20(28)16-23(22)30-27(25)34/h3-12,16,25H,13-15H2,1-2H3,(H,30,34)(H,32,33). The molecule has 1 amide bonds. The third-order valence-electron chi connectivity index (χ3n) is 5.76. The van der Waals surface area contributed by atoms with Crippen molar-refractivity contribution < 1.29 is 19.1 Å². The van der Waals surface area contributed by atoms with E-state index in [2.05, 4.69) is 10.2 Å². The number of carboxylic acid groups (broad SMARTS) is 1. The van der Waals surface area contributed by atoms with Gasteiger partial charge in [0.2, 0.25) is 5.91 Å². The Morgan fingerprint density at radius 1 is 1.03 bits per heavy atom. The number of carbonyl (C=O) groups excluding carboxylic acids is 1. The molecule has 0 fully saturated rings. The van der Waals surface area contributed by atoms with E-state index in [0.29, 0.717) is 33.8 Å². The van der Waals surface area contributed by atoms with E-state index in [0.717, 1.165) is 13.0 Å². The fourth-order valence-corrected chi connectivity index (χ4v) is 4.00. The van der Waals surface area contributed by atoms with Crippen molar-refractivity contribution in [3.63, 3.8) is 0 Å². The molecule has 174 valence electrons. The summed E-state index contributed by atoms with van der Waals surface area (Å²) >= 11 is 0. The minimum atomic E-state index is -0.915. The van der Waals surface area contributed by atoms with E-state index in [-0.39, 0.29) is 12.3 Å². The Bertz CT molecular complexity index is 1230. The van der Waals surface area contributed by atoms with Gasteiger partial charge in [0, 0.05) is 12.2 Å². The highest BCUT2D eigenvalue weighted by molar-refractivity contribution is 6.24. The third-order valence-corrected chi connectivity index (χ3v) is 5.76. The first-order valence-corrected chi connectivity index (χ1v) is 11.0. The molecule has 3 aromatic carbocycles. The molecule has 1 heterocycles. The minimum Gasteiger partial charge on any atom is -0.481 e. The molecule has 7 heteroatoms. The van der Waals surface area contributed by atoms with Crippen molar-refractivity contribution in [1.82, 2.24) is 4.90 Å². The number of aliphatic imine (C=N–C) groups is 1. The Labute approximate surface area is 197 Å². The van der Waals surface area contributed by atoms with Crippen molar-refractivity contribution in [2.75, 3.05) is 26.0 Å². The molecule has 1 aliphatic heterocycles. The number of nitrogens with one attached hydrogen (secondary N) is 1. The molecule has 2 N–H and O–H groups in total. The Hall–Kier alpha value is -3.84. The largest absolute Gasteiger partial charge is 0.481 e. The molecule has 0 radical (unpaired) electrons. The highest BCUT2D eigenvalue weighted by atomic mass is 19.1. The van der Waals surface area contributed by atoms with Gasteiger partial charge in [0.05, 0.1) is 17.8 Å². The van der Waals surface area contributed by atoms with Crippen LogP contribution in [0.4, 0.5) is 15.8 Å². The lowest BCUT2D eigenvalue weighted by Gasteiger charge is -2.15. The predicted molar refractivity (Wildman–Crippen MR) is 130 cm³/mol. The molecule has 34 heavy (non-hydrogen) atoms. The fourth-order valence-electron chi connectivity index (χ4n) is 4.00. The van der Waals surface area contributed by atoms with Crippen LogP contribution < -0.4 is 5.32 Å². The Morgan fingerprint density at radius 3 is 2.35 bits per heavy atom. The summed E-state index contributed by atoms with van der Waals surface area (Å²) in [7, 11) is 4.06. The molecule has 1 unspecified atom stereocenters. The summed E-state index contributed by atoms with van der Waals surface area (Å²) in [4.78, 5) is 31.0. The maximum Gasteiger partial charge on any atom is 0.307 e. The third kappa shape index (κ3) is 5.38. The van der Waals surface area contributed by atoms with Crippen LogP contribution in [0.3, 0.4) is 0 Å². The number of benzene rings is 3. The summed E-state index contributed by atoms with van der Waals surface area (Å²) in [5.41, 5.74) is 4.84. The number of hydrogen-bond acceptors (Lipinski definition) is 4. The fraction of sp³-hybridized carbons (Fsp3) is 0.222. The molecule has 0 saturated heterocycles. The highest BCUT2D eigenvalue weighted by Crippen LogP contribution is 2.36. The maximum atomic E-state index is 13.8. The molecule has 1 atom stereocenters. The maximum absolute atomic E-state index is 13.8. The predicted octanol–water partition coefficient (Wildman–Crippen LogP) is 4.41. The number of carboxylic acids is 1. The second-order valence-electron chi connectivity index (χ2n) is 8.64. The first-order chi connectivity index (χ1) is 16.3. The average Bonchev–Trinajstić information content (AvgIpc) is 3.11. The van der Waals surface area contributed by atoms with Crippen LogP contribution in [0.25, 0.3) is 0 Å². The zero-order valence-corrected chi connectivity index (χ0v) is 19.1. The summed E-state index contributed by atoms with van der Waals surface area (Å²) in [5, 5.41) is 11.8. The minimum absolute atomic E-state index is 0.0901. The van der Waals surface area contributed by atoms with Crippen molar-refractivity contribution in [1.29, 1.82) is 0 Å². The number of rotatable bonds is 8. The van der Waals surface area contributed by atoms with Gasteiger partial charge in [-0.15, -0.1) is 0 Å². The van der Waals surface area contributed by atoms with E-state index in [4.69, 9.17) is 10.1 Å². The second-order valence-corrected chi connectivity index (χ2v) is 8.64. The molecular formula is C27H26FN3O3. The zero-order chi connectivity index (χ0) is 24.2. The zero-order valence-electron chi connectivity index (χ0n) is 19.1. The molecule has 3 aromatic rings. The van der Waals surface area contributed by atoms with Crippen LogP contribution in [0.5, 0.6) is 0 Å². The van der Waals surface area contributed by atoms with Crippen molar-refractivity contribution in [3.8, 4) is 0 Å². The number of hydrogen-bond donors (Lipinski definition) is 2. The SMILES string of the molecule is CN(C)CCc1ccc(N=C(c2ccc(CC(=O)O)cc2)C2C(=O)Nc3cc(F)ccc32)cc1. The van der Waals surface area contributed by atoms with Gasteiger partial charge in [-0.05, 0) is 67.0 Å². The van der Waals surface area contributed by atoms with Crippen LogP contribution in [0.1, 0.15) is 28.2 Å². The van der Waals surface area contributed by atoms with Gasteiger partial charge >= 0.3 is 5.97 Å². The summed E-state index contributed by atoms with van der Waals surface area (Å²) in [6, 6.07) is 19.1. The number of nitrogens with zero attached hydrogens (tertiary/aromatic N) is 2. The molecule has 4 rings (SSSR count). The first-order valence-electron chi connectivity index (χ1n) is 11.0. The topological polar surface area (TPSA) is 82.0 Å². The number of carbonyl (C=O) groups is 2. The first kappa shape index (κ1) is 23.3. The summed E-state index contributed by atoms with van der Waals surface area (Å²) in [6.07, 6.45) is 0.825. The van der Waals surface area contributed by atoms with Crippen molar-refractivity contribution in [2.24, 2.45) is 4.99 Å². The van der Waals surface area contributed by atoms with Gasteiger partial charge in [-0.3, -0.25) is 14.6 Å². The number of likely N-dealkylation sites (N-methyl/N-ethyl adjacent to an activating group) is 1. The van der Waals surface area contributed by atoms with Crippen LogP contribution in [0.2, 0.25) is 0 Å². The van der Waals surface area contributed by atoms with Crippen molar-refractivity contribution >= 4 is 29.0 Å². The number of anilines is 1. The van der Waals surface area contributed by atoms with Crippen LogP contribution in [-0.2, 0) is 22.4 Å². The van der Waals surface area contributed by atoms with Gasteiger partial charge in [0.15, 0.2) is 0 Å². The highest BCUT2D eigenvalue weighted by Gasteiger charge is 2.35. The van der Waals surface area contributed by atoms with Gasteiger partial charge in [-0.25, -0.2) is 4.39 Å². The number of fused-ring (bicyclic) bond motifs is 1. The number of amides is 1. The molecule has 0 saturated carbocycles. The van der Waals surface area contributed by atoms with E-state index in [1.165, 1.54) is 17.7 Å². The Kier molecular flexibility index (Phi) is 6.84. The second kappa shape index (κ2) is 9.97. The Morgan fingerprint density at radius 2 is 1.71 bits per heavy atom. The van der Waals surface area contributed by atoms with Gasteiger partial charge in [-0.1, -0.05) is 42.5 Å². The van der Waals surface area contributed by atoms with Crippen molar-refractivity contribution in [3.05, 3.63) is 94.8 Å². The van der Waals surface area contributed by atoms with E-state index < -0.39 is 17.7 Å². The van der Waals surface area contributed by atoms with Gasteiger partial charge in [0.25, 0.3) is 0 Å². The van der Waals surface area contributed by atoms with Gasteiger partial charge < -0.3 is 15.3 Å². The van der Waals surface area contributed by atoms with Crippen LogP contribution >= 0.6 is 0 Å². The normalized spacial score (nSPS) is 15.4. The summed E-state index contributed by atoms with van der Waals surface area (Å²) in [6.45, 7) is 0.937. The Balaban J connectivity index is 1.73. The molecule has 0 spiro atoms. The number of halogens is 1. The molecule has 0 aliphatic carbocycles. The van der Waals surface area contributed by atoms with Crippen LogP contribution in [0.15, 0.2) is 71.7 Å².